The van der Waals surface area contributed by atoms with E-state index in [1.54, 1.807) is 48.5 Å². The third-order valence-electron chi connectivity index (χ3n) is 4.40. The average molecular weight is 442 g/mol. The lowest BCUT2D eigenvalue weighted by Crippen LogP contribution is -2.16. The van der Waals surface area contributed by atoms with E-state index in [0.29, 0.717) is 17.1 Å². The van der Waals surface area contributed by atoms with Crippen LogP contribution in [0.1, 0.15) is 5.56 Å². The van der Waals surface area contributed by atoms with Gasteiger partial charge in [-0.3, -0.25) is 9.52 Å². The maximum Gasteiger partial charge on any atom is 0.262 e. The average Bonchev–Trinajstić information content (AvgIpc) is 2.75. The second kappa shape index (κ2) is 9.40. The van der Waals surface area contributed by atoms with Crippen LogP contribution in [0.4, 0.5) is 11.4 Å². The second-order valence-corrected chi connectivity index (χ2v) is 8.24. The molecule has 0 fully saturated rings. The summed E-state index contributed by atoms with van der Waals surface area (Å²) in [6.45, 7) is 0. The Morgan fingerprint density at radius 2 is 1.71 bits per heavy atom. The maximum absolute atomic E-state index is 12.8. The molecule has 162 valence electrons. The molecule has 8 nitrogen and oxygen atoms in total. The summed E-state index contributed by atoms with van der Waals surface area (Å²) in [4.78, 5) is 12.3. The number of methoxy groups -OCH3 is 2. The number of hydrogen-bond donors (Lipinski definition) is 3. The molecule has 0 saturated carbocycles. The van der Waals surface area contributed by atoms with Crippen molar-refractivity contribution in [3.05, 3.63) is 72.3 Å². The van der Waals surface area contributed by atoms with Crippen LogP contribution >= 0.6 is 0 Å². The second-order valence-electron chi connectivity index (χ2n) is 6.56. The first kappa shape index (κ1) is 22.0. The quantitative estimate of drug-likeness (QED) is 0.461. The zero-order valence-corrected chi connectivity index (χ0v) is 17.8. The van der Waals surface area contributed by atoms with E-state index in [1.807, 2.05) is 0 Å². The molecule has 1 amide bonds. The van der Waals surface area contributed by atoms with Crippen LogP contribution in [0.2, 0.25) is 0 Å². The summed E-state index contributed by atoms with van der Waals surface area (Å²) in [6.07, 6.45) is 0.0209. The van der Waals surface area contributed by atoms with Gasteiger partial charge in [-0.15, -0.1) is 0 Å². The van der Waals surface area contributed by atoms with Crippen molar-refractivity contribution < 1.29 is 27.8 Å². The number of carbonyl (C=O) groups is 1. The monoisotopic (exact) mass is 442 g/mol. The fraction of sp³-hybridized carbons (Fsp3) is 0.136. The summed E-state index contributed by atoms with van der Waals surface area (Å²) in [5, 5.41) is 12.6. The maximum atomic E-state index is 12.8. The first-order valence-corrected chi connectivity index (χ1v) is 10.7. The van der Waals surface area contributed by atoms with Crippen molar-refractivity contribution in [3.8, 4) is 17.2 Å². The number of phenols is 1. The summed E-state index contributed by atoms with van der Waals surface area (Å²) in [6, 6.07) is 17.2. The Balaban J connectivity index is 1.79. The summed E-state index contributed by atoms with van der Waals surface area (Å²) in [7, 11) is -1.03. The van der Waals surface area contributed by atoms with Crippen molar-refractivity contribution in [2.45, 2.75) is 11.3 Å². The van der Waals surface area contributed by atoms with E-state index in [9.17, 15) is 18.3 Å². The number of carbonyl (C=O) groups excluding carboxylic acids is 1. The minimum absolute atomic E-state index is 0.0178. The van der Waals surface area contributed by atoms with Gasteiger partial charge in [-0.1, -0.05) is 24.3 Å². The predicted molar refractivity (Wildman–Crippen MR) is 117 cm³/mol. The predicted octanol–water partition coefficient (Wildman–Crippen LogP) is 3.39. The van der Waals surface area contributed by atoms with Crippen LogP contribution in [0.5, 0.6) is 17.2 Å². The highest BCUT2D eigenvalue weighted by atomic mass is 32.2. The van der Waals surface area contributed by atoms with Crippen LogP contribution in [-0.4, -0.2) is 33.7 Å². The number of hydrogen-bond acceptors (Lipinski definition) is 6. The Morgan fingerprint density at radius 3 is 2.45 bits per heavy atom. The van der Waals surface area contributed by atoms with E-state index in [2.05, 4.69) is 10.0 Å². The fourth-order valence-electron chi connectivity index (χ4n) is 2.88. The molecule has 3 aromatic carbocycles. The van der Waals surface area contributed by atoms with Crippen molar-refractivity contribution in [1.29, 1.82) is 0 Å². The van der Waals surface area contributed by atoms with E-state index in [0.717, 1.165) is 0 Å². The molecule has 31 heavy (non-hydrogen) atoms. The van der Waals surface area contributed by atoms with Gasteiger partial charge in [0.1, 0.15) is 17.2 Å². The van der Waals surface area contributed by atoms with Gasteiger partial charge in [0.05, 0.1) is 36.9 Å². The molecule has 0 aliphatic carbocycles. The van der Waals surface area contributed by atoms with E-state index >= 15 is 0 Å². The molecule has 9 heteroatoms. The van der Waals surface area contributed by atoms with Crippen molar-refractivity contribution in [1.82, 2.24) is 0 Å². The van der Waals surface area contributed by atoms with Crippen LogP contribution in [-0.2, 0) is 21.2 Å². The lowest BCUT2D eigenvalue weighted by atomic mass is 10.1. The zero-order valence-electron chi connectivity index (χ0n) is 17.0. The van der Waals surface area contributed by atoms with Crippen LogP contribution in [0, 0.1) is 0 Å². The van der Waals surface area contributed by atoms with Crippen molar-refractivity contribution in [2.75, 3.05) is 24.3 Å². The van der Waals surface area contributed by atoms with Crippen LogP contribution in [0.25, 0.3) is 0 Å². The summed E-state index contributed by atoms with van der Waals surface area (Å²) >= 11 is 0. The molecule has 3 rings (SSSR count). The Bertz CT molecular complexity index is 1190. The Labute approximate surface area is 180 Å². The van der Waals surface area contributed by atoms with Gasteiger partial charge in [-0.2, -0.15) is 0 Å². The molecule has 0 spiro atoms. The van der Waals surface area contributed by atoms with Crippen molar-refractivity contribution in [2.24, 2.45) is 0 Å². The topological polar surface area (TPSA) is 114 Å². The first-order chi connectivity index (χ1) is 14.8. The van der Waals surface area contributed by atoms with Crippen LogP contribution < -0.4 is 19.5 Å². The Morgan fingerprint density at radius 1 is 0.935 bits per heavy atom. The smallest absolute Gasteiger partial charge is 0.262 e. The number of sulfonamides is 1. The van der Waals surface area contributed by atoms with Gasteiger partial charge >= 0.3 is 0 Å². The number of anilines is 2. The van der Waals surface area contributed by atoms with Crippen molar-refractivity contribution in [3.63, 3.8) is 0 Å². The molecule has 0 bridgehead atoms. The van der Waals surface area contributed by atoms with Gasteiger partial charge in [0.2, 0.25) is 5.91 Å². The summed E-state index contributed by atoms with van der Waals surface area (Å²) in [5.41, 5.74) is 0.954. The first-order valence-electron chi connectivity index (χ1n) is 9.24. The normalized spacial score (nSPS) is 10.9. The highest BCUT2D eigenvalue weighted by Gasteiger charge is 2.19. The molecule has 0 aliphatic heterocycles. The number of para-hydroxylation sites is 2. The summed E-state index contributed by atoms with van der Waals surface area (Å²) in [5.74, 6) is 0.298. The SMILES string of the molecule is COc1cccc(CC(=O)Nc2cc(S(=O)(=O)Nc3ccccc3OC)ccc2O)c1. The number of phenolic OH excluding ortho intramolecular Hbond substituents is 1. The van der Waals surface area contributed by atoms with Crippen molar-refractivity contribution >= 4 is 27.3 Å². The third kappa shape index (κ3) is 5.46. The number of nitrogens with one attached hydrogen (secondary N) is 2. The fourth-order valence-corrected chi connectivity index (χ4v) is 3.97. The van der Waals surface area contributed by atoms with Gasteiger partial charge in [0.25, 0.3) is 10.0 Å². The molecule has 0 heterocycles. The summed E-state index contributed by atoms with van der Waals surface area (Å²) < 4.78 is 38.4. The van der Waals surface area contributed by atoms with Crippen LogP contribution in [0.3, 0.4) is 0 Å². The molecule has 0 radical (unpaired) electrons. The number of benzene rings is 3. The van der Waals surface area contributed by atoms with Crippen LogP contribution in [0.15, 0.2) is 71.6 Å². The molecule has 0 atom stereocenters. The number of aromatic hydroxyl groups is 1. The molecule has 0 aromatic heterocycles. The minimum Gasteiger partial charge on any atom is -0.506 e. The zero-order chi connectivity index (χ0) is 22.4. The lowest BCUT2D eigenvalue weighted by Gasteiger charge is -2.13. The molecular formula is C22H22N2O6S. The van der Waals surface area contributed by atoms with E-state index in [4.69, 9.17) is 9.47 Å². The number of amides is 1. The van der Waals surface area contributed by atoms with E-state index < -0.39 is 15.9 Å². The van der Waals surface area contributed by atoms with Gasteiger partial charge in [-0.25, -0.2) is 8.42 Å². The van der Waals surface area contributed by atoms with Gasteiger partial charge in [-0.05, 0) is 48.0 Å². The minimum atomic E-state index is -4.00. The van der Waals surface area contributed by atoms with E-state index in [-0.39, 0.29) is 28.4 Å². The standard InChI is InChI=1S/C22H22N2O6S/c1-29-16-7-5-6-15(12-16)13-22(26)23-19-14-17(10-11-20(19)25)31(27,28)24-18-8-3-4-9-21(18)30-2/h3-12,14,24-25H,13H2,1-2H3,(H,23,26). The van der Waals surface area contributed by atoms with Gasteiger partial charge in [0, 0.05) is 0 Å². The molecule has 0 saturated heterocycles. The molecule has 3 N–H and O–H groups in total. The largest absolute Gasteiger partial charge is 0.506 e. The third-order valence-corrected chi connectivity index (χ3v) is 5.77. The molecular weight excluding hydrogens is 420 g/mol. The van der Waals surface area contributed by atoms with Gasteiger partial charge in [0.15, 0.2) is 0 Å². The highest BCUT2D eigenvalue weighted by Crippen LogP contribution is 2.30. The molecule has 3 aromatic rings. The molecule has 0 unspecified atom stereocenters. The van der Waals surface area contributed by atoms with E-state index in [1.165, 1.54) is 32.4 Å². The van der Waals surface area contributed by atoms with Gasteiger partial charge < -0.3 is 19.9 Å². The number of ether oxygens (including phenoxy) is 2. The lowest BCUT2D eigenvalue weighted by molar-refractivity contribution is -0.115. The Hall–Kier alpha value is -3.72. The Kier molecular flexibility index (Phi) is 6.66. The highest BCUT2D eigenvalue weighted by molar-refractivity contribution is 7.92. The number of rotatable bonds is 8. The molecule has 0 aliphatic rings.